The van der Waals surface area contributed by atoms with Crippen molar-refractivity contribution in [3.8, 4) is 0 Å². The van der Waals surface area contributed by atoms with Crippen LogP contribution in [0.1, 0.15) is 49.7 Å². The van der Waals surface area contributed by atoms with Gasteiger partial charge in [-0.1, -0.05) is 25.5 Å². The first-order valence-electron chi connectivity index (χ1n) is 11.2. The Morgan fingerprint density at radius 2 is 2.03 bits per heavy atom. The van der Waals surface area contributed by atoms with Crippen molar-refractivity contribution >= 4 is 17.5 Å². The Bertz CT molecular complexity index is 1190. The van der Waals surface area contributed by atoms with E-state index in [1.54, 1.807) is 11.1 Å². The molecule has 2 amide bonds. The number of amides is 2. The van der Waals surface area contributed by atoms with Gasteiger partial charge in [0, 0.05) is 12.6 Å². The number of furan rings is 1. The Kier molecular flexibility index (Phi) is 6.39. The summed E-state index contributed by atoms with van der Waals surface area (Å²) in [6.07, 6.45) is -2.81. The highest BCUT2D eigenvalue weighted by molar-refractivity contribution is 6.23. The quantitative estimate of drug-likeness (QED) is 0.431. The van der Waals surface area contributed by atoms with Gasteiger partial charge < -0.3 is 14.8 Å². The second kappa shape index (κ2) is 9.03. The third-order valence-corrected chi connectivity index (χ3v) is 6.34. The van der Waals surface area contributed by atoms with Crippen molar-refractivity contribution in [2.45, 2.75) is 57.8 Å². The van der Waals surface area contributed by atoms with Crippen molar-refractivity contribution in [2.24, 2.45) is 0 Å². The number of nitrogens with zero attached hydrogens (tertiary/aromatic N) is 2. The molecule has 0 bridgehead atoms. The normalized spacial score (nSPS) is 21.0. The van der Waals surface area contributed by atoms with Crippen LogP contribution in [0, 0.1) is 12.7 Å². The first kappa shape index (κ1) is 24.8. The molecule has 2 aliphatic heterocycles. The number of aliphatic hydroxyl groups is 1. The number of rotatable bonds is 6. The van der Waals surface area contributed by atoms with Gasteiger partial charge in [0.1, 0.15) is 22.9 Å². The van der Waals surface area contributed by atoms with E-state index in [2.05, 4.69) is 5.32 Å². The molecule has 35 heavy (non-hydrogen) atoms. The SMILES string of the molecule is CCCC12CCCN1N(Cc1cccc(F)c1)C(=O)C(C(=O)Nc1cc(C)oc1C(F)(F)F)=C2O. The Morgan fingerprint density at radius 3 is 2.69 bits per heavy atom. The molecule has 2 N–H and O–H groups in total. The molecule has 1 atom stereocenters. The molecular weight excluding hydrogens is 470 g/mol. The summed E-state index contributed by atoms with van der Waals surface area (Å²) in [4.78, 5) is 26.7. The van der Waals surface area contributed by atoms with Crippen LogP contribution in [-0.2, 0) is 22.3 Å². The number of carbonyl (C=O) groups excluding carboxylic acids is 2. The number of halogens is 4. The van der Waals surface area contributed by atoms with Crippen molar-refractivity contribution in [1.29, 1.82) is 0 Å². The van der Waals surface area contributed by atoms with Gasteiger partial charge in [-0.25, -0.2) is 9.40 Å². The van der Waals surface area contributed by atoms with E-state index in [1.165, 1.54) is 30.1 Å². The predicted molar refractivity (Wildman–Crippen MR) is 117 cm³/mol. The average Bonchev–Trinajstić information content (AvgIpc) is 3.36. The third kappa shape index (κ3) is 4.40. The number of aryl methyl sites for hydroxylation is 1. The van der Waals surface area contributed by atoms with E-state index in [1.807, 2.05) is 6.92 Å². The van der Waals surface area contributed by atoms with Crippen molar-refractivity contribution in [2.75, 3.05) is 11.9 Å². The molecule has 7 nitrogen and oxygen atoms in total. The van der Waals surface area contributed by atoms with Crippen LogP contribution in [0.3, 0.4) is 0 Å². The molecule has 1 aromatic carbocycles. The molecule has 2 aromatic rings. The van der Waals surface area contributed by atoms with Gasteiger partial charge in [0.05, 0.1) is 17.8 Å². The minimum Gasteiger partial charge on any atom is -0.509 e. The first-order chi connectivity index (χ1) is 16.5. The molecule has 4 rings (SSSR count). The second-order valence-electron chi connectivity index (χ2n) is 8.78. The predicted octanol–water partition coefficient (Wildman–Crippen LogP) is 5.09. The summed E-state index contributed by atoms with van der Waals surface area (Å²) in [5.74, 6) is -4.52. The summed E-state index contributed by atoms with van der Waals surface area (Å²) >= 11 is 0. The Hall–Kier alpha value is -3.34. The van der Waals surface area contributed by atoms with Crippen molar-refractivity contribution in [3.63, 3.8) is 0 Å². The fraction of sp³-hybridized carbons (Fsp3) is 0.417. The van der Waals surface area contributed by atoms with Crippen LogP contribution in [0.25, 0.3) is 0 Å². The van der Waals surface area contributed by atoms with Crippen molar-refractivity contribution in [3.05, 3.63) is 64.6 Å². The van der Waals surface area contributed by atoms with Crippen LogP contribution < -0.4 is 5.32 Å². The maximum atomic E-state index is 13.8. The lowest BCUT2D eigenvalue weighted by Gasteiger charge is -2.48. The number of nitrogens with one attached hydrogen (secondary N) is 1. The number of hydrogen-bond donors (Lipinski definition) is 2. The lowest BCUT2D eigenvalue weighted by Crippen LogP contribution is -2.61. The fourth-order valence-corrected chi connectivity index (χ4v) is 4.99. The van der Waals surface area contributed by atoms with Gasteiger partial charge >= 0.3 is 6.18 Å². The van der Waals surface area contributed by atoms with Crippen LogP contribution in [0.2, 0.25) is 0 Å². The van der Waals surface area contributed by atoms with E-state index in [0.717, 1.165) is 6.07 Å². The molecule has 1 saturated heterocycles. The summed E-state index contributed by atoms with van der Waals surface area (Å²) in [6, 6.07) is 6.62. The number of alkyl halides is 3. The number of fused-ring (bicyclic) bond motifs is 1. The molecule has 0 saturated carbocycles. The molecule has 0 spiro atoms. The summed E-state index contributed by atoms with van der Waals surface area (Å²) in [7, 11) is 0. The standard InChI is InChI=1S/C24H25F4N3O4/c1-3-8-23-9-5-10-31(23)30(13-15-6-4-7-16(25)12-15)22(34)18(19(23)32)21(33)29-17-11-14(2)35-20(17)24(26,27)28/h4,6-7,11-12,32H,3,5,8-10,13H2,1-2H3,(H,29,33). The van der Waals surface area contributed by atoms with Gasteiger partial charge in [-0.3, -0.25) is 14.6 Å². The van der Waals surface area contributed by atoms with Crippen molar-refractivity contribution < 1.29 is 36.7 Å². The molecule has 0 aliphatic carbocycles. The smallest absolute Gasteiger partial charge is 0.451 e. The zero-order valence-electron chi connectivity index (χ0n) is 19.2. The van der Waals surface area contributed by atoms with Gasteiger partial charge in [0.2, 0.25) is 5.76 Å². The van der Waals surface area contributed by atoms with Crippen LogP contribution in [-0.4, -0.2) is 39.0 Å². The molecule has 3 heterocycles. The lowest BCUT2D eigenvalue weighted by atomic mass is 9.84. The highest BCUT2D eigenvalue weighted by Gasteiger charge is 2.55. The maximum absolute atomic E-state index is 13.8. The highest BCUT2D eigenvalue weighted by Crippen LogP contribution is 2.45. The van der Waals surface area contributed by atoms with Crippen LogP contribution in [0.4, 0.5) is 23.2 Å². The second-order valence-corrected chi connectivity index (χ2v) is 8.78. The van der Waals surface area contributed by atoms with E-state index in [9.17, 15) is 32.3 Å². The van der Waals surface area contributed by atoms with Gasteiger partial charge in [-0.05, 0) is 43.9 Å². The van der Waals surface area contributed by atoms with Crippen LogP contribution in [0.5, 0.6) is 0 Å². The zero-order valence-corrected chi connectivity index (χ0v) is 19.2. The van der Waals surface area contributed by atoms with Gasteiger partial charge in [-0.15, -0.1) is 0 Å². The van der Waals surface area contributed by atoms with E-state index in [4.69, 9.17) is 4.42 Å². The summed E-state index contributed by atoms with van der Waals surface area (Å²) in [5, 5.41) is 16.3. The van der Waals surface area contributed by atoms with Crippen LogP contribution >= 0.6 is 0 Å². The Labute approximate surface area is 199 Å². The van der Waals surface area contributed by atoms with E-state index in [-0.39, 0.29) is 12.3 Å². The molecule has 1 unspecified atom stereocenters. The highest BCUT2D eigenvalue weighted by atomic mass is 19.4. The molecule has 1 aromatic heterocycles. The Morgan fingerprint density at radius 1 is 1.29 bits per heavy atom. The monoisotopic (exact) mass is 495 g/mol. The molecular formula is C24H25F4N3O4. The zero-order chi connectivity index (χ0) is 25.5. The minimum atomic E-state index is -4.88. The molecule has 188 valence electrons. The number of carbonyl (C=O) groups is 2. The largest absolute Gasteiger partial charge is 0.509 e. The van der Waals surface area contributed by atoms with Gasteiger partial charge in [0.25, 0.3) is 11.8 Å². The lowest BCUT2D eigenvalue weighted by molar-refractivity contribution is -0.163. The maximum Gasteiger partial charge on any atom is 0.451 e. The average molecular weight is 495 g/mol. The summed E-state index contributed by atoms with van der Waals surface area (Å²) < 4.78 is 58.6. The minimum absolute atomic E-state index is 0.0786. The third-order valence-electron chi connectivity index (χ3n) is 6.34. The van der Waals surface area contributed by atoms with E-state index in [0.29, 0.717) is 37.8 Å². The molecule has 0 radical (unpaired) electrons. The molecule has 11 heteroatoms. The number of benzene rings is 1. The van der Waals surface area contributed by atoms with Crippen molar-refractivity contribution in [1.82, 2.24) is 10.0 Å². The number of aliphatic hydroxyl groups excluding tert-OH is 1. The topological polar surface area (TPSA) is 86.0 Å². The summed E-state index contributed by atoms with van der Waals surface area (Å²) in [5.41, 5.74) is -1.90. The van der Waals surface area contributed by atoms with Gasteiger partial charge in [-0.2, -0.15) is 13.2 Å². The number of anilines is 1. The van der Waals surface area contributed by atoms with Crippen LogP contribution in [0.15, 0.2) is 46.1 Å². The Balaban J connectivity index is 1.76. The molecule has 2 aliphatic rings. The first-order valence-corrected chi connectivity index (χ1v) is 11.2. The summed E-state index contributed by atoms with van der Waals surface area (Å²) in [6.45, 7) is 3.51. The van der Waals surface area contributed by atoms with E-state index < -0.39 is 52.1 Å². The number of hydrogen-bond acceptors (Lipinski definition) is 5. The fourth-order valence-electron chi connectivity index (χ4n) is 4.99. The van der Waals surface area contributed by atoms with Gasteiger partial charge in [0.15, 0.2) is 0 Å². The molecule has 1 fully saturated rings. The number of hydrazine groups is 1. The van der Waals surface area contributed by atoms with E-state index >= 15 is 0 Å².